The summed E-state index contributed by atoms with van der Waals surface area (Å²) < 4.78 is 0. The van der Waals surface area contributed by atoms with Gasteiger partial charge in [0.05, 0.1) is 0 Å². The molecule has 0 saturated carbocycles. The molecule has 1 aliphatic rings. The third-order valence-corrected chi connectivity index (χ3v) is 10.8. The minimum Gasteiger partial charge on any atom is -0.0622 e. The van der Waals surface area contributed by atoms with E-state index in [4.69, 9.17) is 0 Å². The molecule has 220 valence electrons. The average molecular weight is 597 g/mol. The van der Waals surface area contributed by atoms with E-state index in [2.05, 4.69) is 172 Å². The lowest BCUT2D eigenvalue weighted by Gasteiger charge is -2.24. The lowest BCUT2D eigenvalue weighted by molar-refractivity contribution is 0.661. The van der Waals surface area contributed by atoms with Gasteiger partial charge in [0, 0.05) is 5.41 Å². The average Bonchev–Trinajstić information content (AvgIpc) is 3.35. The van der Waals surface area contributed by atoms with Gasteiger partial charge >= 0.3 is 0 Å². The maximum absolute atomic E-state index is 2.52. The highest BCUT2D eigenvalue weighted by Crippen LogP contribution is 2.53. The van der Waals surface area contributed by atoms with Crippen LogP contribution < -0.4 is 0 Å². The van der Waals surface area contributed by atoms with E-state index in [9.17, 15) is 0 Å². The number of fused-ring (bicyclic) bond motifs is 11. The van der Waals surface area contributed by atoms with Gasteiger partial charge in [-0.15, -0.1) is 0 Å². The maximum atomic E-state index is 2.52. The zero-order valence-corrected chi connectivity index (χ0v) is 26.5. The predicted molar refractivity (Wildman–Crippen MR) is 202 cm³/mol. The minimum atomic E-state index is -0.0806. The molecule has 0 saturated heterocycles. The second-order valence-electron chi connectivity index (χ2n) is 13.6. The quantitative estimate of drug-likeness (QED) is 0.138. The molecular weight excluding hydrogens is 565 g/mol. The fourth-order valence-corrected chi connectivity index (χ4v) is 8.66. The van der Waals surface area contributed by atoms with Crippen LogP contribution in [0.2, 0.25) is 0 Å². The highest BCUT2D eigenvalue weighted by atomic mass is 14.4. The monoisotopic (exact) mass is 596 g/mol. The topological polar surface area (TPSA) is 0 Å². The summed E-state index contributed by atoms with van der Waals surface area (Å²) in [6, 6.07) is 58.9. The minimum absolute atomic E-state index is 0.0806. The lowest BCUT2D eigenvalue weighted by atomic mass is 9.79. The predicted octanol–water partition coefficient (Wildman–Crippen LogP) is 13.1. The molecule has 0 radical (unpaired) electrons. The molecule has 47 heavy (non-hydrogen) atoms. The number of benzene rings is 9. The van der Waals surface area contributed by atoms with Crippen molar-refractivity contribution in [2.24, 2.45) is 0 Å². The van der Waals surface area contributed by atoms with Crippen LogP contribution in [0.15, 0.2) is 158 Å². The van der Waals surface area contributed by atoms with E-state index in [0.29, 0.717) is 0 Å². The normalized spacial score (nSPS) is 13.5. The Hall–Kier alpha value is -5.72. The van der Waals surface area contributed by atoms with Gasteiger partial charge < -0.3 is 0 Å². The van der Waals surface area contributed by atoms with Crippen molar-refractivity contribution >= 4 is 53.9 Å². The van der Waals surface area contributed by atoms with Gasteiger partial charge in [-0.25, -0.2) is 0 Å². The summed E-state index contributed by atoms with van der Waals surface area (Å²) in [5.41, 5.74) is 10.6. The molecule has 0 unspecified atom stereocenters. The first-order chi connectivity index (χ1) is 23.1. The van der Waals surface area contributed by atoms with E-state index in [1.807, 2.05) is 0 Å². The maximum Gasteiger partial charge on any atom is 0.0159 e. The van der Waals surface area contributed by atoms with Crippen LogP contribution in [0.5, 0.6) is 0 Å². The summed E-state index contributed by atoms with van der Waals surface area (Å²) in [4.78, 5) is 0. The Balaban J connectivity index is 1.39. The van der Waals surface area contributed by atoms with Crippen molar-refractivity contribution in [1.29, 1.82) is 0 Å². The van der Waals surface area contributed by atoms with E-state index in [-0.39, 0.29) is 5.41 Å². The van der Waals surface area contributed by atoms with E-state index in [0.717, 1.165) is 0 Å². The molecule has 0 aliphatic heterocycles. The molecular formula is C47H32. The molecule has 0 heterocycles. The second kappa shape index (κ2) is 9.64. The van der Waals surface area contributed by atoms with Crippen LogP contribution in [0, 0.1) is 0 Å². The Morgan fingerprint density at radius 3 is 1.45 bits per heavy atom. The number of hydrogen-bond donors (Lipinski definition) is 0. The Labute approximate surface area is 274 Å². The van der Waals surface area contributed by atoms with Gasteiger partial charge in [-0.05, 0) is 117 Å². The fraction of sp³-hybridized carbons (Fsp3) is 0.0638. The second-order valence-corrected chi connectivity index (χ2v) is 13.6. The molecule has 0 atom stereocenters. The van der Waals surface area contributed by atoms with E-state index >= 15 is 0 Å². The summed E-state index contributed by atoms with van der Waals surface area (Å²) >= 11 is 0. The summed E-state index contributed by atoms with van der Waals surface area (Å²) in [5, 5.41) is 13.0. The Morgan fingerprint density at radius 1 is 0.298 bits per heavy atom. The summed E-state index contributed by atoms with van der Waals surface area (Å²) in [6.07, 6.45) is 0. The molecule has 0 amide bonds. The van der Waals surface area contributed by atoms with Crippen molar-refractivity contribution in [3.8, 4) is 33.4 Å². The molecule has 0 heteroatoms. The molecule has 0 fully saturated rings. The van der Waals surface area contributed by atoms with Crippen LogP contribution in [-0.4, -0.2) is 0 Å². The van der Waals surface area contributed by atoms with Crippen LogP contribution in [0.4, 0.5) is 0 Å². The van der Waals surface area contributed by atoms with Gasteiger partial charge in [0.1, 0.15) is 0 Å². The van der Waals surface area contributed by atoms with Gasteiger partial charge in [0.2, 0.25) is 0 Å². The zero-order valence-electron chi connectivity index (χ0n) is 26.5. The summed E-state index contributed by atoms with van der Waals surface area (Å²) in [5.74, 6) is 0. The molecule has 1 aliphatic carbocycles. The smallest absolute Gasteiger partial charge is 0.0159 e. The van der Waals surface area contributed by atoms with Gasteiger partial charge in [-0.1, -0.05) is 153 Å². The standard InChI is InChI=1S/C47H32/c1-47(2)43-23-13-12-20-36(43)40-27-41-42(28-44(40)47)45(29-14-4-3-5-15-29)37-21-10-11-22-38(37)46(41)30-24-25-35-33-18-7-6-16-31(33)32-17-8-9-19-34(32)39(35)26-30/h3-28H,1-2H3. The molecule has 0 N–H and O–H groups in total. The SMILES string of the molecule is CC1(C)c2ccccc2-c2cc3c(-c4ccc5c6ccccc6c6ccccc6c5c4)c4ccccc4c(-c4ccccc4)c3cc21. The lowest BCUT2D eigenvalue weighted by Crippen LogP contribution is -2.14. The third kappa shape index (κ3) is 3.64. The highest BCUT2D eigenvalue weighted by Gasteiger charge is 2.36. The largest absolute Gasteiger partial charge is 0.0622 e. The number of hydrogen-bond acceptors (Lipinski definition) is 0. The first kappa shape index (κ1) is 26.5. The van der Waals surface area contributed by atoms with Crippen molar-refractivity contribution < 1.29 is 0 Å². The van der Waals surface area contributed by atoms with Crippen molar-refractivity contribution in [2.75, 3.05) is 0 Å². The van der Waals surface area contributed by atoms with Crippen molar-refractivity contribution in [3.05, 3.63) is 169 Å². The first-order valence-corrected chi connectivity index (χ1v) is 16.6. The highest BCUT2D eigenvalue weighted by molar-refractivity contribution is 6.27. The van der Waals surface area contributed by atoms with E-state index < -0.39 is 0 Å². The van der Waals surface area contributed by atoms with E-state index in [1.54, 1.807) is 0 Å². The summed E-state index contributed by atoms with van der Waals surface area (Å²) in [6.45, 7) is 4.76. The Bertz CT molecular complexity index is 2710. The van der Waals surface area contributed by atoms with E-state index in [1.165, 1.54) is 98.4 Å². The Morgan fingerprint density at radius 2 is 0.787 bits per heavy atom. The van der Waals surface area contributed by atoms with Crippen LogP contribution in [0.1, 0.15) is 25.0 Å². The van der Waals surface area contributed by atoms with Gasteiger partial charge in [0.25, 0.3) is 0 Å². The van der Waals surface area contributed by atoms with Crippen LogP contribution in [0.25, 0.3) is 87.2 Å². The molecule has 9 aromatic carbocycles. The molecule has 0 spiro atoms. The zero-order chi connectivity index (χ0) is 31.3. The third-order valence-electron chi connectivity index (χ3n) is 10.8. The Kier molecular flexibility index (Phi) is 5.44. The molecule has 0 nitrogen and oxygen atoms in total. The first-order valence-electron chi connectivity index (χ1n) is 16.6. The van der Waals surface area contributed by atoms with Crippen molar-refractivity contribution in [1.82, 2.24) is 0 Å². The van der Waals surface area contributed by atoms with Gasteiger partial charge in [0.15, 0.2) is 0 Å². The van der Waals surface area contributed by atoms with Crippen LogP contribution in [0.3, 0.4) is 0 Å². The van der Waals surface area contributed by atoms with Gasteiger partial charge in [-0.3, -0.25) is 0 Å². The van der Waals surface area contributed by atoms with Gasteiger partial charge in [-0.2, -0.15) is 0 Å². The fourth-order valence-electron chi connectivity index (χ4n) is 8.66. The van der Waals surface area contributed by atoms with Crippen LogP contribution in [-0.2, 0) is 5.41 Å². The number of rotatable bonds is 2. The van der Waals surface area contributed by atoms with Crippen LogP contribution >= 0.6 is 0 Å². The molecule has 10 rings (SSSR count). The van der Waals surface area contributed by atoms with Crippen molar-refractivity contribution in [2.45, 2.75) is 19.3 Å². The molecule has 9 aromatic rings. The molecule has 0 aromatic heterocycles. The summed E-state index contributed by atoms with van der Waals surface area (Å²) in [7, 11) is 0. The molecule has 0 bridgehead atoms. The van der Waals surface area contributed by atoms with Crippen molar-refractivity contribution in [3.63, 3.8) is 0 Å².